The summed E-state index contributed by atoms with van der Waals surface area (Å²) in [7, 11) is 0. The first-order valence-electron chi connectivity index (χ1n) is 6.99. The summed E-state index contributed by atoms with van der Waals surface area (Å²) in [4.78, 5) is 11.9. The fourth-order valence-electron chi connectivity index (χ4n) is 2.77. The van der Waals surface area contributed by atoms with Crippen LogP contribution in [0.3, 0.4) is 0 Å². The van der Waals surface area contributed by atoms with E-state index in [0.717, 1.165) is 18.9 Å². The number of carbonyl (C=O) groups excluding carboxylic acids is 1. The molecule has 3 nitrogen and oxygen atoms in total. The number of amides is 1. The molecule has 0 aromatic rings. The summed E-state index contributed by atoms with van der Waals surface area (Å²) >= 11 is 0. The molecule has 0 aromatic carbocycles. The SMILES string of the molecule is CCC(CN)C(=O)NCC(C)(C)C1CCCC1. The molecule has 1 rings (SSSR count). The Bertz CT molecular complexity index is 241. The second-order valence-corrected chi connectivity index (χ2v) is 6.03. The fourth-order valence-corrected chi connectivity index (χ4v) is 2.77. The van der Waals surface area contributed by atoms with Crippen LogP contribution in [0.4, 0.5) is 0 Å². The van der Waals surface area contributed by atoms with Crippen molar-refractivity contribution in [3.05, 3.63) is 0 Å². The number of hydrogen-bond acceptors (Lipinski definition) is 2. The van der Waals surface area contributed by atoms with Crippen LogP contribution < -0.4 is 11.1 Å². The van der Waals surface area contributed by atoms with Crippen LogP contribution in [0.25, 0.3) is 0 Å². The van der Waals surface area contributed by atoms with Gasteiger partial charge in [-0.25, -0.2) is 0 Å². The molecule has 0 radical (unpaired) electrons. The summed E-state index contributed by atoms with van der Waals surface area (Å²) < 4.78 is 0. The average Bonchev–Trinajstić information content (AvgIpc) is 2.82. The topological polar surface area (TPSA) is 55.1 Å². The molecular formula is C14H28N2O. The minimum atomic E-state index is -0.0191. The molecule has 0 saturated heterocycles. The third kappa shape index (κ3) is 3.98. The molecule has 0 aliphatic heterocycles. The van der Waals surface area contributed by atoms with Crippen LogP contribution in [0.1, 0.15) is 52.9 Å². The van der Waals surface area contributed by atoms with Crippen molar-refractivity contribution in [1.29, 1.82) is 0 Å². The van der Waals surface area contributed by atoms with Crippen molar-refractivity contribution in [1.82, 2.24) is 5.32 Å². The van der Waals surface area contributed by atoms with E-state index in [-0.39, 0.29) is 17.2 Å². The summed E-state index contributed by atoms with van der Waals surface area (Å²) in [6.07, 6.45) is 6.16. The molecule has 0 heterocycles. The van der Waals surface area contributed by atoms with Crippen LogP contribution in [0.15, 0.2) is 0 Å². The molecule has 3 N–H and O–H groups in total. The van der Waals surface area contributed by atoms with Crippen LogP contribution in [0.2, 0.25) is 0 Å². The molecule has 1 unspecified atom stereocenters. The first-order valence-corrected chi connectivity index (χ1v) is 6.99. The van der Waals surface area contributed by atoms with E-state index in [9.17, 15) is 4.79 Å². The van der Waals surface area contributed by atoms with E-state index in [1.165, 1.54) is 25.7 Å². The maximum atomic E-state index is 11.9. The molecule has 1 aliphatic carbocycles. The van der Waals surface area contributed by atoms with Gasteiger partial charge in [0.2, 0.25) is 5.91 Å². The van der Waals surface area contributed by atoms with Crippen molar-refractivity contribution >= 4 is 5.91 Å². The molecule has 1 aliphatic rings. The quantitative estimate of drug-likeness (QED) is 0.748. The maximum Gasteiger partial charge on any atom is 0.224 e. The van der Waals surface area contributed by atoms with Crippen LogP contribution in [-0.2, 0) is 4.79 Å². The number of hydrogen-bond donors (Lipinski definition) is 2. The fraction of sp³-hybridized carbons (Fsp3) is 0.929. The zero-order chi connectivity index (χ0) is 12.9. The lowest BCUT2D eigenvalue weighted by atomic mass is 9.77. The van der Waals surface area contributed by atoms with E-state index >= 15 is 0 Å². The van der Waals surface area contributed by atoms with E-state index in [0.29, 0.717) is 6.54 Å². The van der Waals surface area contributed by atoms with Gasteiger partial charge in [0.25, 0.3) is 0 Å². The summed E-state index contributed by atoms with van der Waals surface area (Å²) in [6, 6.07) is 0. The van der Waals surface area contributed by atoms with Gasteiger partial charge in [0.05, 0.1) is 0 Å². The predicted molar refractivity (Wildman–Crippen MR) is 71.6 cm³/mol. The molecule has 1 atom stereocenters. The monoisotopic (exact) mass is 240 g/mol. The minimum Gasteiger partial charge on any atom is -0.355 e. The Morgan fingerprint density at radius 1 is 1.41 bits per heavy atom. The molecule has 0 bridgehead atoms. The number of nitrogens with two attached hydrogens (primary N) is 1. The van der Waals surface area contributed by atoms with Crippen molar-refractivity contribution in [2.24, 2.45) is 23.0 Å². The van der Waals surface area contributed by atoms with Gasteiger partial charge in [-0.1, -0.05) is 33.6 Å². The molecule has 3 heteroatoms. The summed E-state index contributed by atoms with van der Waals surface area (Å²) in [6.45, 7) is 7.79. The summed E-state index contributed by atoms with van der Waals surface area (Å²) in [5, 5.41) is 3.08. The zero-order valence-corrected chi connectivity index (χ0v) is 11.6. The first kappa shape index (κ1) is 14.5. The Morgan fingerprint density at radius 3 is 2.47 bits per heavy atom. The first-order chi connectivity index (χ1) is 8.01. The Kier molecular flexibility index (Phi) is 5.44. The molecular weight excluding hydrogens is 212 g/mol. The minimum absolute atomic E-state index is 0.0191. The van der Waals surface area contributed by atoms with E-state index < -0.39 is 0 Å². The maximum absolute atomic E-state index is 11.9. The Hall–Kier alpha value is -0.570. The van der Waals surface area contributed by atoms with Crippen LogP contribution in [0.5, 0.6) is 0 Å². The average molecular weight is 240 g/mol. The van der Waals surface area contributed by atoms with Crippen molar-refractivity contribution in [3.63, 3.8) is 0 Å². The van der Waals surface area contributed by atoms with Gasteiger partial charge in [-0.05, 0) is 30.6 Å². The molecule has 1 fully saturated rings. The number of carbonyl (C=O) groups is 1. The van der Waals surface area contributed by atoms with Crippen LogP contribution in [0, 0.1) is 17.3 Å². The van der Waals surface area contributed by atoms with Crippen LogP contribution in [-0.4, -0.2) is 19.0 Å². The zero-order valence-electron chi connectivity index (χ0n) is 11.6. The lowest BCUT2D eigenvalue weighted by Gasteiger charge is -2.32. The van der Waals surface area contributed by atoms with E-state index in [1.807, 2.05) is 6.92 Å². The second-order valence-electron chi connectivity index (χ2n) is 6.03. The standard InChI is InChI=1S/C14H28N2O/c1-4-11(9-15)13(17)16-10-14(2,3)12-7-5-6-8-12/h11-12H,4-10,15H2,1-3H3,(H,16,17). The van der Waals surface area contributed by atoms with Gasteiger partial charge in [-0.15, -0.1) is 0 Å². The molecule has 100 valence electrons. The highest BCUT2D eigenvalue weighted by Crippen LogP contribution is 2.38. The molecule has 1 saturated carbocycles. The van der Waals surface area contributed by atoms with E-state index in [2.05, 4.69) is 19.2 Å². The normalized spacial score (nSPS) is 19.3. The second kappa shape index (κ2) is 6.39. The summed E-state index contributed by atoms with van der Waals surface area (Å²) in [5.41, 5.74) is 5.81. The van der Waals surface area contributed by atoms with Crippen molar-refractivity contribution in [2.75, 3.05) is 13.1 Å². The van der Waals surface area contributed by atoms with Gasteiger partial charge in [0, 0.05) is 19.0 Å². The molecule has 17 heavy (non-hydrogen) atoms. The molecule has 1 amide bonds. The van der Waals surface area contributed by atoms with Crippen molar-refractivity contribution in [3.8, 4) is 0 Å². The lowest BCUT2D eigenvalue weighted by Crippen LogP contribution is -2.42. The summed E-state index contributed by atoms with van der Waals surface area (Å²) in [5.74, 6) is 0.871. The van der Waals surface area contributed by atoms with E-state index in [1.54, 1.807) is 0 Å². The Balaban J connectivity index is 2.40. The van der Waals surface area contributed by atoms with Gasteiger partial charge in [-0.3, -0.25) is 4.79 Å². The molecule has 0 aromatic heterocycles. The Labute approximate surface area is 106 Å². The van der Waals surface area contributed by atoms with Gasteiger partial charge in [0.15, 0.2) is 0 Å². The third-order valence-electron chi connectivity index (χ3n) is 4.33. The van der Waals surface area contributed by atoms with Gasteiger partial charge in [-0.2, -0.15) is 0 Å². The highest BCUT2D eigenvalue weighted by molar-refractivity contribution is 5.78. The number of rotatable bonds is 6. The van der Waals surface area contributed by atoms with E-state index in [4.69, 9.17) is 5.73 Å². The van der Waals surface area contributed by atoms with Gasteiger partial charge in [0.1, 0.15) is 0 Å². The predicted octanol–water partition coefficient (Wildman–Crippen LogP) is 2.30. The molecule has 0 spiro atoms. The van der Waals surface area contributed by atoms with Crippen molar-refractivity contribution in [2.45, 2.75) is 52.9 Å². The third-order valence-corrected chi connectivity index (χ3v) is 4.33. The van der Waals surface area contributed by atoms with Gasteiger partial charge >= 0.3 is 0 Å². The Morgan fingerprint density at radius 2 is 2.00 bits per heavy atom. The van der Waals surface area contributed by atoms with Gasteiger partial charge < -0.3 is 11.1 Å². The van der Waals surface area contributed by atoms with Crippen LogP contribution >= 0.6 is 0 Å². The number of nitrogens with one attached hydrogen (secondary N) is 1. The lowest BCUT2D eigenvalue weighted by molar-refractivity contribution is -0.125. The highest BCUT2D eigenvalue weighted by atomic mass is 16.1. The smallest absolute Gasteiger partial charge is 0.224 e. The largest absolute Gasteiger partial charge is 0.355 e. The highest BCUT2D eigenvalue weighted by Gasteiger charge is 2.32. The van der Waals surface area contributed by atoms with Crippen molar-refractivity contribution < 1.29 is 4.79 Å².